The monoisotopic (exact) mass is 462 g/mol. The molecule has 3 aliphatic heterocycles. The number of aliphatic carboxylic acids is 1. The number of carbonyl (C=O) groups is 3. The van der Waals surface area contributed by atoms with Gasteiger partial charge in [0, 0.05) is 12.6 Å². The van der Waals surface area contributed by atoms with E-state index in [1.165, 1.54) is 4.90 Å². The van der Waals surface area contributed by atoms with Gasteiger partial charge in [-0.1, -0.05) is 39.2 Å². The molecule has 2 unspecified atom stereocenters. The minimum Gasteiger partial charge on any atom is -0.481 e. The molecule has 1 spiro atoms. The number of carbonyl (C=O) groups excluding carboxylic acids is 2. The van der Waals surface area contributed by atoms with Crippen molar-refractivity contribution < 1.29 is 29.3 Å². The molecular weight excluding hydrogens is 424 g/mol. The van der Waals surface area contributed by atoms with Crippen molar-refractivity contribution in [3.63, 3.8) is 0 Å². The normalized spacial score (nSPS) is 36.6. The Labute approximate surface area is 195 Å². The highest BCUT2D eigenvalue weighted by molar-refractivity contribution is 5.98. The maximum atomic E-state index is 14.3. The highest BCUT2D eigenvalue weighted by Gasteiger charge is 2.79. The lowest BCUT2D eigenvalue weighted by molar-refractivity contribution is -0.161. The highest BCUT2D eigenvalue weighted by atomic mass is 16.5. The first-order valence-electron chi connectivity index (χ1n) is 12.6. The quantitative estimate of drug-likeness (QED) is 0.510. The first-order chi connectivity index (χ1) is 15.8. The average Bonchev–Trinajstić information content (AvgIpc) is 3.43. The van der Waals surface area contributed by atoms with Gasteiger partial charge < -0.3 is 24.7 Å². The summed E-state index contributed by atoms with van der Waals surface area (Å²) < 4.78 is 6.59. The van der Waals surface area contributed by atoms with E-state index in [2.05, 4.69) is 6.58 Å². The summed E-state index contributed by atoms with van der Waals surface area (Å²) in [7, 11) is 0. The number of fused-ring (bicyclic) bond motifs is 1. The van der Waals surface area contributed by atoms with Crippen LogP contribution in [0.2, 0.25) is 0 Å². The third-order valence-electron chi connectivity index (χ3n) is 8.82. The van der Waals surface area contributed by atoms with Crippen LogP contribution in [0.25, 0.3) is 0 Å². The van der Waals surface area contributed by atoms with Crippen molar-refractivity contribution in [1.29, 1.82) is 0 Å². The van der Waals surface area contributed by atoms with Crippen molar-refractivity contribution in [3.8, 4) is 0 Å². The third kappa shape index (κ3) is 3.43. The van der Waals surface area contributed by atoms with Gasteiger partial charge in [-0.3, -0.25) is 14.4 Å². The molecule has 4 fully saturated rings. The second-order valence-corrected chi connectivity index (χ2v) is 10.2. The Morgan fingerprint density at radius 3 is 2.52 bits per heavy atom. The molecule has 1 saturated carbocycles. The summed E-state index contributed by atoms with van der Waals surface area (Å²) in [4.78, 5) is 43.9. The van der Waals surface area contributed by atoms with Crippen molar-refractivity contribution in [2.45, 2.75) is 101 Å². The molecule has 0 aromatic rings. The van der Waals surface area contributed by atoms with Gasteiger partial charge in [-0.2, -0.15) is 0 Å². The Morgan fingerprint density at radius 1 is 1.27 bits per heavy atom. The van der Waals surface area contributed by atoms with Crippen LogP contribution in [0.15, 0.2) is 12.7 Å². The molecule has 0 aromatic heterocycles. The van der Waals surface area contributed by atoms with Crippen LogP contribution in [0.1, 0.15) is 71.6 Å². The Balaban J connectivity index is 1.81. The maximum Gasteiger partial charge on any atom is 0.310 e. The average molecular weight is 463 g/mol. The second kappa shape index (κ2) is 9.02. The molecule has 8 nitrogen and oxygen atoms in total. The summed E-state index contributed by atoms with van der Waals surface area (Å²) in [6.45, 7) is 7.71. The lowest BCUT2D eigenvalue weighted by Gasteiger charge is -2.42. The maximum absolute atomic E-state index is 14.3. The van der Waals surface area contributed by atoms with Crippen molar-refractivity contribution >= 4 is 17.8 Å². The van der Waals surface area contributed by atoms with Gasteiger partial charge in [0.2, 0.25) is 11.8 Å². The summed E-state index contributed by atoms with van der Waals surface area (Å²) in [6, 6.07) is -1.41. The third-order valence-corrected chi connectivity index (χ3v) is 8.82. The van der Waals surface area contributed by atoms with E-state index in [1.54, 1.807) is 6.08 Å². The lowest BCUT2D eigenvalue weighted by atomic mass is 9.65. The second-order valence-electron chi connectivity index (χ2n) is 10.2. The molecule has 8 heteroatoms. The van der Waals surface area contributed by atoms with E-state index >= 15 is 0 Å². The summed E-state index contributed by atoms with van der Waals surface area (Å²) in [5, 5.41) is 20.3. The van der Waals surface area contributed by atoms with Crippen LogP contribution < -0.4 is 0 Å². The van der Waals surface area contributed by atoms with Gasteiger partial charge in [0.25, 0.3) is 0 Å². The molecule has 0 aromatic carbocycles. The fourth-order valence-corrected chi connectivity index (χ4v) is 7.23. The summed E-state index contributed by atoms with van der Waals surface area (Å²) in [6.07, 6.45) is 8.73. The van der Waals surface area contributed by atoms with Crippen LogP contribution in [0.3, 0.4) is 0 Å². The Kier molecular flexibility index (Phi) is 6.62. The van der Waals surface area contributed by atoms with Crippen molar-refractivity contribution in [2.75, 3.05) is 13.2 Å². The van der Waals surface area contributed by atoms with E-state index in [9.17, 15) is 24.6 Å². The van der Waals surface area contributed by atoms with E-state index < -0.39 is 41.1 Å². The van der Waals surface area contributed by atoms with Gasteiger partial charge in [0.1, 0.15) is 17.6 Å². The number of nitrogens with zero attached hydrogens (tertiary/aromatic N) is 2. The van der Waals surface area contributed by atoms with Gasteiger partial charge >= 0.3 is 5.97 Å². The number of hydrogen-bond acceptors (Lipinski definition) is 5. The highest BCUT2D eigenvalue weighted by Crippen LogP contribution is 2.64. The largest absolute Gasteiger partial charge is 0.481 e. The molecule has 184 valence electrons. The van der Waals surface area contributed by atoms with Crippen molar-refractivity contribution in [2.24, 2.45) is 11.8 Å². The van der Waals surface area contributed by atoms with E-state index in [0.717, 1.165) is 32.1 Å². The van der Waals surface area contributed by atoms with Crippen LogP contribution in [0.5, 0.6) is 0 Å². The predicted octanol–water partition coefficient (Wildman–Crippen LogP) is 2.34. The zero-order chi connectivity index (χ0) is 24.0. The number of likely N-dealkylation sites (tertiary alicyclic amines) is 1. The van der Waals surface area contributed by atoms with Crippen LogP contribution in [0, 0.1) is 11.8 Å². The molecule has 2 bridgehead atoms. The van der Waals surface area contributed by atoms with Crippen LogP contribution in [0.4, 0.5) is 0 Å². The topological polar surface area (TPSA) is 107 Å². The molecule has 2 amide bonds. The molecule has 6 atom stereocenters. The van der Waals surface area contributed by atoms with Crippen molar-refractivity contribution in [3.05, 3.63) is 12.7 Å². The number of rotatable bonds is 9. The van der Waals surface area contributed by atoms with Crippen LogP contribution >= 0.6 is 0 Å². The van der Waals surface area contributed by atoms with Gasteiger partial charge in [0.15, 0.2) is 0 Å². The van der Waals surface area contributed by atoms with E-state index in [4.69, 9.17) is 4.74 Å². The van der Waals surface area contributed by atoms with Gasteiger partial charge in [0.05, 0.1) is 24.2 Å². The first-order valence-corrected chi connectivity index (χ1v) is 12.6. The number of aliphatic hydroxyl groups excluding tert-OH is 1. The SMILES string of the molecule is C=CCN(C(=O)C1N([C@@H](CC)CO)C(=O)[C@@H]2[C@@H](C(=O)O)[C@@]3(CC)CCC12O3)C1CCCCC1. The van der Waals surface area contributed by atoms with Gasteiger partial charge in [-0.25, -0.2) is 0 Å². The minimum absolute atomic E-state index is 0.0693. The molecular formula is C25H38N2O6. The van der Waals surface area contributed by atoms with Crippen LogP contribution in [-0.4, -0.2) is 80.3 Å². The predicted molar refractivity (Wildman–Crippen MR) is 121 cm³/mol. The first kappa shape index (κ1) is 24.2. The van der Waals surface area contributed by atoms with E-state index in [0.29, 0.717) is 32.2 Å². The summed E-state index contributed by atoms with van der Waals surface area (Å²) >= 11 is 0. The number of aliphatic hydroxyl groups is 1. The van der Waals surface area contributed by atoms with E-state index in [-0.39, 0.29) is 24.5 Å². The summed E-state index contributed by atoms with van der Waals surface area (Å²) in [5.41, 5.74) is -2.09. The fourth-order valence-electron chi connectivity index (χ4n) is 7.23. The molecule has 2 N–H and O–H groups in total. The molecule has 4 rings (SSSR count). The lowest BCUT2D eigenvalue weighted by Crippen LogP contribution is -2.60. The molecule has 3 heterocycles. The molecule has 0 radical (unpaired) electrons. The molecule has 1 aliphatic carbocycles. The summed E-state index contributed by atoms with van der Waals surface area (Å²) in [5.74, 6) is -3.49. The standard InChI is InChI=1S/C25H38N2O6/c1-4-14-26(17-10-8-7-9-11-17)22(30)20-25-13-12-24(6-3,33-25)19(23(31)32)18(25)21(29)27(20)16(5-2)15-28/h4,16-20,28H,1,5-15H2,2-3H3,(H,31,32)/t16-,18-,19-,20?,24+,25?/m0/s1. The zero-order valence-corrected chi connectivity index (χ0v) is 19.9. The number of amides is 2. The molecule has 33 heavy (non-hydrogen) atoms. The Morgan fingerprint density at radius 2 is 1.97 bits per heavy atom. The zero-order valence-electron chi connectivity index (χ0n) is 19.9. The van der Waals surface area contributed by atoms with Gasteiger partial charge in [-0.05, 0) is 38.5 Å². The fraction of sp³-hybridized carbons (Fsp3) is 0.800. The Bertz CT molecular complexity index is 807. The Hall–Kier alpha value is -1.93. The number of carboxylic acids is 1. The minimum atomic E-state index is -1.16. The van der Waals surface area contributed by atoms with Crippen molar-refractivity contribution in [1.82, 2.24) is 9.80 Å². The van der Waals surface area contributed by atoms with Gasteiger partial charge in [-0.15, -0.1) is 6.58 Å². The van der Waals surface area contributed by atoms with E-state index in [1.807, 2.05) is 18.7 Å². The van der Waals surface area contributed by atoms with Crippen LogP contribution in [-0.2, 0) is 19.1 Å². The smallest absolute Gasteiger partial charge is 0.310 e. The molecule has 3 saturated heterocycles. The number of ether oxygens (including phenoxy) is 1. The number of hydrogen-bond donors (Lipinski definition) is 2. The number of carboxylic acid groups (broad SMARTS) is 1. The molecule has 4 aliphatic rings.